The number of aromatic nitrogens is 2. The Morgan fingerprint density at radius 2 is 2.46 bits per heavy atom. The summed E-state index contributed by atoms with van der Waals surface area (Å²) in [6.45, 7) is 0.980. The van der Waals surface area contributed by atoms with Crippen molar-refractivity contribution >= 4 is 0 Å². The van der Waals surface area contributed by atoms with Crippen LogP contribution in [0.3, 0.4) is 0 Å². The van der Waals surface area contributed by atoms with Crippen molar-refractivity contribution < 1.29 is 10.2 Å². The maximum Gasteiger partial charge on any atom is 0.111 e. The van der Waals surface area contributed by atoms with E-state index in [4.69, 9.17) is 5.11 Å². The largest absolute Gasteiger partial charge is 0.396 e. The zero-order valence-electron chi connectivity index (χ0n) is 7.48. The van der Waals surface area contributed by atoms with Gasteiger partial charge in [-0.15, -0.1) is 0 Å². The second-order valence-electron chi connectivity index (χ2n) is 3.46. The highest BCUT2D eigenvalue weighted by molar-refractivity contribution is 5.07. The fourth-order valence-corrected chi connectivity index (χ4v) is 1.71. The molecule has 4 nitrogen and oxygen atoms in total. The Morgan fingerprint density at radius 1 is 1.62 bits per heavy atom. The predicted molar refractivity (Wildman–Crippen MR) is 47.3 cm³/mol. The number of hydrogen-bond acceptors (Lipinski definition) is 3. The maximum atomic E-state index is 9.39. The smallest absolute Gasteiger partial charge is 0.111 e. The van der Waals surface area contributed by atoms with E-state index in [0.717, 1.165) is 24.5 Å². The summed E-state index contributed by atoms with van der Waals surface area (Å²) in [6, 6.07) is 0. The molecular formula is C9H14N2O2. The molecule has 0 bridgehead atoms. The molecule has 13 heavy (non-hydrogen) atoms. The van der Waals surface area contributed by atoms with Crippen LogP contribution in [-0.4, -0.2) is 32.5 Å². The molecule has 1 aliphatic heterocycles. The van der Waals surface area contributed by atoms with Crippen molar-refractivity contribution in [2.24, 2.45) is 0 Å². The zero-order valence-corrected chi connectivity index (χ0v) is 7.48. The van der Waals surface area contributed by atoms with E-state index in [1.54, 1.807) is 0 Å². The third-order valence-corrected chi connectivity index (χ3v) is 2.40. The first-order chi connectivity index (χ1) is 6.29. The summed E-state index contributed by atoms with van der Waals surface area (Å²) in [5.41, 5.74) is 0.923. The Balaban J connectivity index is 2.18. The molecule has 0 fully saturated rings. The van der Waals surface area contributed by atoms with Gasteiger partial charge in [-0.05, 0) is 6.42 Å². The minimum Gasteiger partial charge on any atom is -0.396 e. The van der Waals surface area contributed by atoms with E-state index in [9.17, 15) is 5.11 Å². The van der Waals surface area contributed by atoms with Crippen LogP contribution in [0.25, 0.3) is 0 Å². The van der Waals surface area contributed by atoms with E-state index in [2.05, 4.69) is 9.55 Å². The van der Waals surface area contributed by atoms with Gasteiger partial charge in [0.1, 0.15) is 5.82 Å². The molecule has 2 N–H and O–H groups in total. The summed E-state index contributed by atoms with van der Waals surface area (Å²) in [5.74, 6) is 0.946. The van der Waals surface area contributed by atoms with Crippen molar-refractivity contribution in [3.63, 3.8) is 0 Å². The molecule has 1 aromatic heterocycles. The summed E-state index contributed by atoms with van der Waals surface area (Å²) in [4.78, 5) is 4.33. The third kappa shape index (κ3) is 1.73. The van der Waals surface area contributed by atoms with Crippen molar-refractivity contribution in [3.8, 4) is 0 Å². The first-order valence-corrected chi connectivity index (χ1v) is 4.63. The standard InChI is InChI=1S/C9H14N2O2/c12-4-2-7-6-11-3-1-8(13)5-9(11)10-7/h6,8,12-13H,1-5H2. The highest BCUT2D eigenvalue weighted by atomic mass is 16.3. The van der Waals surface area contributed by atoms with Gasteiger partial charge in [0.25, 0.3) is 0 Å². The first-order valence-electron chi connectivity index (χ1n) is 4.63. The fourth-order valence-electron chi connectivity index (χ4n) is 1.71. The monoisotopic (exact) mass is 182 g/mol. The Labute approximate surface area is 76.8 Å². The number of nitrogens with zero attached hydrogens (tertiary/aromatic N) is 2. The molecule has 0 amide bonds. The molecule has 0 saturated carbocycles. The Kier molecular flexibility index (Phi) is 2.33. The van der Waals surface area contributed by atoms with Gasteiger partial charge >= 0.3 is 0 Å². The molecule has 72 valence electrons. The van der Waals surface area contributed by atoms with Gasteiger partial charge in [-0.25, -0.2) is 4.98 Å². The average Bonchev–Trinajstić information content (AvgIpc) is 2.46. The molecule has 4 heteroatoms. The molecular weight excluding hydrogens is 168 g/mol. The van der Waals surface area contributed by atoms with E-state index in [0.29, 0.717) is 12.8 Å². The van der Waals surface area contributed by atoms with Crippen LogP contribution >= 0.6 is 0 Å². The second-order valence-corrected chi connectivity index (χ2v) is 3.46. The number of rotatable bonds is 2. The van der Waals surface area contributed by atoms with Crippen LogP contribution in [0.15, 0.2) is 6.20 Å². The summed E-state index contributed by atoms with van der Waals surface area (Å²) in [6.07, 6.45) is 3.79. The highest BCUT2D eigenvalue weighted by Crippen LogP contribution is 2.15. The van der Waals surface area contributed by atoms with Gasteiger partial charge in [0.2, 0.25) is 0 Å². The van der Waals surface area contributed by atoms with Crippen molar-refractivity contribution in [1.29, 1.82) is 0 Å². The van der Waals surface area contributed by atoms with Crippen LogP contribution < -0.4 is 0 Å². The van der Waals surface area contributed by atoms with Gasteiger partial charge in [0.15, 0.2) is 0 Å². The minimum absolute atomic E-state index is 0.138. The Morgan fingerprint density at radius 3 is 3.23 bits per heavy atom. The number of fused-ring (bicyclic) bond motifs is 1. The summed E-state index contributed by atoms with van der Waals surface area (Å²) in [7, 11) is 0. The van der Waals surface area contributed by atoms with Crippen LogP contribution in [0.2, 0.25) is 0 Å². The third-order valence-electron chi connectivity index (χ3n) is 2.40. The molecule has 2 rings (SSSR count). The van der Waals surface area contributed by atoms with Crippen molar-refractivity contribution in [3.05, 3.63) is 17.7 Å². The van der Waals surface area contributed by atoms with E-state index in [1.165, 1.54) is 0 Å². The van der Waals surface area contributed by atoms with Crippen LogP contribution in [-0.2, 0) is 19.4 Å². The topological polar surface area (TPSA) is 58.3 Å². The van der Waals surface area contributed by atoms with Crippen LogP contribution in [0.1, 0.15) is 17.9 Å². The molecule has 2 heterocycles. The number of imidazole rings is 1. The van der Waals surface area contributed by atoms with Gasteiger partial charge in [-0.3, -0.25) is 0 Å². The summed E-state index contributed by atoms with van der Waals surface area (Å²) < 4.78 is 2.07. The lowest BCUT2D eigenvalue weighted by atomic mass is 10.1. The van der Waals surface area contributed by atoms with Gasteiger partial charge in [0, 0.05) is 32.2 Å². The molecule has 0 aliphatic carbocycles. The predicted octanol–water partition coefficient (Wildman–Crippen LogP) is -0.275. The number of aryl methyl sites for hydroxylation is 1. The summed E-state index contributed by atoms with van der Waals surface area (Å²) in [5, 5.41) is 18.1. The van der Waals surface area contributed by atoms with E-state index in [1.807, 2.05) is 6.20 Å². The lowest BCUT2D eigenvalue weighted by Crippen LogP contribution is -2.22. The zero-order chi connectivity index (χ0) is 9.26. The van der Waals surface area contributed by atoms with E-state index in [-0.39, 0.29) is 12.7 Å². The van der Waals surface area contributed by atoms with Crippen LogP contribution in [0, 0.1) is 0 Å². The van der Waals surface area contributed by atoms with Gasteiger partial charge < -0.3 is 14.8 Å². The van der Waals surface area contributed by atoms with Crippen LogP contribution in [0.5, 0.6) is 0 Å². The number of aliphatic hydroxyl groups excluding tert-OH is 2. The molecule has 0 radical (unpaired) electrons. The van der Waals surface area contributed by atoms with Gasteiger partial charge in [0.05, 0.1) is 11.8 Å². The Hall–Kier alpha value is -0.870. The summed E-state index contributed by atoms with van der Waals surface area (Å²) >= 11 is 0. The minimum atomic E-state index is -0.239. The van der Waals surface area contributed by atoms with Gasteiger partial charge in [-0.1, -0.05) is 0 Å². The molecule has 0 spiro atoms. The molecule has 0 saturated heterocycles. The lowest BCUT2D eigenvalue weighted by molar-refractivity contribution is 0.141. The second kappa shape index (κ2) is 3.47. The molecule has 1 aliphatic rings. The molecule has 1 unspecified atom stereocenters. The first kappa shape index (κ1) is 8.72. The SMILES string of the molecule is OCCc1cn2c(n1)CC(O)CC2. The van der Waals surface area contributed by atoms with Gasteiger partial charge in [-0.2, -0.15) is 0 Å². The lowest BCUT2D eigenvalue weighted by Gasteiger charge is -2.18. The quantitative estimate of drug-likeness (QED) is 0.661. The fraction of sp³-hybridized carbons (Fsp3) is 0.667. The van der Waals surface area contributed by atoms with E-state index < -0.39 is 0 Å². The normalized spacial score (nSPS) is 21.5. The molecule has 1 aromatic rings. The van der Waals surface area contributed by atoms with Crippen molar-refractivity contribution in [2.45, 2.75) is 31.9 Å². The van der Waals surface area contributed by atoms with Crippen molar-refractivity contribution in [1.82, 2.24) is 9.55 Å². The number of aliphatic hydroxyl groups is 2. The highest BCUT2D eigenvalue weighted by Gasteiger charge is 2.18. The molecule has 0 aromatic carbocycles. The maximum absolute atomic E-state index is 9.39. The van der Waals surface area contributed by atoms with Crippen molar-refractivity contribution in [2.75, 3.05) is 6.61 Å². The van der Waals surface area contributed by atoms with E-state index >= 15 is 0 Å². The van der Waals surface area contributed by atoms with Crippen LogP contribution in [0.4, 0.5) is 0 Å². The number of hydrogen-bond donors (Lipinski definition) is 2. The molecule has 1 atom stereocenters. The average molecular weight is 182 g/mol. The Bertz CT molecular complexity index is 296.